The van der Waals surface area contributed by atoms with Gasteiger partial charge in [-0.15, -0.1) is 0 Å². The van der Waals surface area contributed by atoms with Crippen LogP contribution in [-0.4, -0.2) is 23.7 Å². The molecule has 0 aromatic heterocycles. The highest BCUT2D eigenvalue weighted by Gasteiger charge is 2.30. The van der Waals surface area contributed by atoms with Gasteiger partial charge in [-0.3, -0.25) is 4.79 Å². The summed E-state index contributed by atoms with van der Waals surface area (Å²) in [5.41, 5.74) is 4.36. The monoisotopic (exact) mass is 249 g/mol. The molecule has 0 bridgehead atoms. The quantitative estimate of drug-likeness (QED) is 0.848. The highest BCUT2D eigenvalue weighted by Crippen LogP contribution is 2.30. The summed E-state index contributed by atoms with van der Waals surface area (Å²) in [6.45, 7) is -0.305. The van der Waals surface area contributed by atoms with Crippen molar-refractivity contribution in [3.63, 3.8) is 0 Å². The maximum absolute atomic E-state index is 12.2. The van der Waals surface area contributed by atoms with Crippen LogP contribution in [0.15, 0.2) is 24.3 Å². The molecule has 0 unspecified atom stereocenters. The zero-order chi connectivity index (χ0) is 13.1. The number of carboxylic acids is 1. The summed E-state index contributed by atoms with van der Waals surface area (Å²) < 4.78 is 41.5. The van der Waals surface area contributed by atoms with E-state index in [2.05, 4.69) is 0 Å². The van der Waals surface area contributed by atoms with E-state index in [4.69, 9.17) is 15.6 Å². The van der Waals surface area contributed by atoms with Gasteiger partial charge in [-0.25, -0.2) is 0 Å². The Morgan fingerprint density at radius 2 is 1.88 bits per heavy atom. The molecule has 1 atom stereocenters. The number of aliphatic carboxylic acids is 1. The molecular formula is C10H10F3NO3. The fourth-order valence-electron chi connectivity index (χ4n) is 0.997. The summed E-state index contributed by atoms with van der Waals surface area (Å²) in [6, 6.07) is 2.70. The number of halogens is 3. The Labute approximate surface area is 94.8 Å². The standard InChI is InChI=1S/C10H10F3NO3/c11-10(12,13)6-1-3-7(4-2-6)17-5-8(14)9(15)16/h1-4,8H,5,14H2,(H,15,16)/t8-/m1/s1. The van der Waals surface area contributed by atoms with Crippen LogP contribution in [0.2, 0.25) is 0 Å². The van der Waals surface area contributed by atoms with Crippen molar-refractivity contribution in [3.05, 3.63) is 29.8 Å². The second-order valence-corrected chi connectivity index (χ2v) is 3.28. The van der Waals surface area contributed by atoms with Gasteiger partial charge in [0, 0.05) is 0 Å². The maximum Gasteiger partial charge on any atom is 0.416 e. The van der Waals surface area contributed by atoms with Crippen LogP contribution in [0.3, 0.4) is 0 Å². The molecule has 0 saturated carbocycles. The van der Waals surface area contributed by atoms with Gasteiger partial charge in [0.05, 0.1) is 5.56 Å². The minimum Gasteiger partial charge on any atom is -0.491 e. The average molecular weight is 249 g/mol. The second-order valence-electron chi connectivity index (χ2n) is 3.28. The van der Waals surface area contributed by atoms with Crippen molar-refractivity contribution < 1.29 is 27.8 Å². The van der Waals surface area contributed by atoms with Crippen molar-refractivity contribution in [2.24, 2.45) is 5.73 Å². The number of hydrogen-bond acceptors (Lipinski definition) is 3. The summed E-state index contributed by atoms with van der Waals surface area (Å²) in [5, 5.41) is 8.46. The molecular weight excluding hydrogens is 239 g/mol. The molecule has 17 heavy (non-hydrogen) atoms. The van der Waals surface area contributed by atoms with E-state index in [0.29, 0.717) is 0 Å². The van der Waals surface area contributed by atoms with E-state index in [-0.39, 0.29) is 12.4 Å². The zero-order valence-corrected chi connectivity index (χ0v) is 8.57. The van der Waals surface area contributed by atoms with Crippen LogP contribution in [-0.2, 0) is 11.0 Å². The number of benzene rings is 1. The Balaban J connectivity index is 2.60. The largest absolute Gasteiger partial charge is 0.491 e. The summed E-state index contributed by atoms with van der Waals surface area (Å²) in [7, 11) is 0. The molecule has 0 saturated heterocycles. The number of hydrogen-bond donors (Lipinski definition) is 2. The third-order valence-electron chi connectivity index (χ3n) is 1.93. The van der Waals surface area contributed by atoms with Crippen LogP contribution in [0.1, 0.15) is 5.56 Å². The Morgan fingerprint density at radius 1 is 1.35 bits per heavy atom. The van der Waals surface area contributed by atoms with Crippen LogP contribution < -0.4 is 10.5 Å². The van der Waals surface area contributed by atoms with Gasteiger partial charge in [-0.2, -0.15) is 13.2 Å². The molecule has 1 rings (SSSR count). The average Bonchev–Trinajstić information content (AvgIpc) is 2.25. The van der Waals surface area contributed by atoms with Crippen molar-refractivity contribution in [1.82, 2.24) is 0 Å². The van der Waals surface area contributed by atoms with Gasteiger partial charge in [-0.05, 0) is 24.3 Å². The molecule has 1 aromatic rings. The molecule has 4 nitrogen and oxygen atoms in total. The number of alkyl halides is 3. The molecule has 94 valence electrons. The fourth-order valence-corrected chi connectivity index (χ4v) is 0.997. The number of rotatable bonds is 4. The maximum atomic E-state index is 12.2. The van der Waals surface area contributed by atoms with Crippen molar-refractivity contribution in [2.75, 3.05) is 6.61 Å². The number of ether oxygens (including phenoxy) is 1. The van der Waals surface area contributed by atoms with E-state index in [1.165, 1.54) is 0 Å². The van der Waals surface area contributed by atoms with Gasteiger partial charge in [0.2, 0.25) is 0 Å². The third kappa shape index (κ3) is 3.95. The summed E-state index contributed by atoms with van der Waals surface area (Å²) in [4.78, 5) is 10.4. The molecule has 0 aliphatic carbocycles. The molecule has 0 heterocycles. The lowest BCUT2D eigenvalue weighted by Gasteiger charge is -2.10. The molecule has 0 amide bonds. The number of nitrogens with two attached hydrogens (primary N) is 1. The van der Waals surface area contributed by atoms with E-state index in [1.807, 2.05) is 0 Å². The molecule has 7 heteroatoms. The lowest BCUT2D eigenvalue weighted by Crippen LogP contribution is -2.36. The molecule has 0 aliphatic heterocycles. The van der Waals surface area contributed by atoms with Crippen LogP contribution >= 0.6 is 0 Å². The Hall–Kier alpha value is -1.76. The van der Waals surface area contributed by atoms with E-state index < -0.39 is 23.8 Å². The van der Waals surface area contributed by atoms with Crippen LogP contribution in [0.4, 0.5) is 13.2 Å². The second kappa shape index (κ2) is 5.05. The Morgan fingerprint density at radius 3 is 2.29 bits per heavy atom. The summed E-state index contributed by atoms with van der Waals surface area (Å²) in [5.74, 6) is -1.10. The van der Waals surface area contributed by atoms with Gasteiger partial charge >= 0.3 is 12.1 Å². The van der Waals surface area contributed by atoms with Crippen molar-refractivity contribution in [3.8, 4) is 5.75 Å². The molecule has 1 aromatic carbocycles. The van der Waals surface area contributed by atoms with Crippen LogP contribution in [0.25, 0.3) is 0 Å². The molecule has 0 radical (unpaired) electrons. The third-order valence-corrected chi connectivity index (χ3v) is 1.93. The number of carboxylic acid groups (broad SMARTS) is 1. The minimum atomic E-state index is -4.41. The topological polar surface area (TPSA) is 72.5 Å². The van der Waals surface area contributed by atoms with E-state index in [1.54, 1.807) is 0 Å². The molecule has 0 spiro atoms. The van der Waals surface area contributed by atoms with E-state index in [0.717, 1.165) is 24.3 Å². The first-order valence-corrected chi connectivity index (χ1v) is 4.59. The normalized spacial score (nSPS) is 13.2. The highest BCUT2D eigenvalue weighted by atomic mass is 19.4. The summed E-state index contributed by atoms with van der Waals surface area (Å²) >= 11 is 0. The lowest BCUT2D eigenvalue weighted by atomic mass is 10.2. The van der Waals surface area contributed by atoms with Crippen molar-refractivity contribution in [2.45, 2.75) is 12.2 Å². The van der Waals surface area contributed by atoms with E-state index in [9.17, 15) is 18.0 Å². The Bertz CT molecular complexity index is 389. The first-order chi connectivity index (χ1) is 7.80. The summed E-state index contributed by atoms with van der Waals surface area (Å²) in [6.07, 6.45) is -4.41. The zero-order valence-electron chi connectivity index (χ0n) is 8.57. The fraction of sp³-hybridized carbons (Fsp3) is 0.300. The smallest absolute Gasteiger partial charge is 0.416 e. The number of carbonyl (C=O) groups is 1. The van der Waals surface area contributed by atoms with Crippen molar-refractivity contribution in [1.29, 1.82) is 0 Å². The van der Waals surface area contributed by atoms with Gasteiger partial charge in [-0.1, -0.05) is 0 Å². The molecule has 3 N–H and O–H groups in total. The lowest BCUT2D eigenvalue weighted by molar-refractivity contribution is -0.139. The first-order valence-electron chi connectivity index (χ1n) is 4.59. The Kier molecular flexibility index (Phi) is 3.95. The minimum absolute atomic E-state index is 0.134. The van der Waals surface area contributed by atoms with Crippen LogP contribution in [0.5, 0.6) is 5.75 Å². The van der Waals surface area contributed by atoms with Crippen LogP contribution in [0, 0.1) is 0 Å². The van der Waals surface area contributed by atoms with Crippen molar-refractivity contribution >= 4 is 5.97 Å². The first kappa shape index (κ1) is 13.3. The highest BCUT2D eigenvalue weighted by molar-refractivity contribution is 5.73. The van der Waals surface area contributed by atoms with Gasteiger partial charge in [0.1, 0.15) is 18.4 Å². The SMILES string of the molecule is N[C@H](COc1ccc(C(F)(F)F)cc1)C(=O)O. The molecule has 0 fully saturated rings. The molecule has 0 aliphatic rings. The van der Waals surface area contributed by atoms with E-state index >= 15 is 0 Å². The van der Waals surface area contributed by atoms with Gasteiger partial charge < -0.3 is 15.6 Å². The van der Waals surface area contributed by atoms with Gasteiger partial charge in [0.15, 0.2) is 0 Å². The predicted octanol–water partition coefficient (Wildman–Crippen LogP) is 1.50. The van der Waals surface area contributed by atoms with Gasteiger partial charge in [0.25, 0.3) is 0 Å². The predicted molar refractivity (Wildman–Crippen MR) is 52.6 cm³/mol.